The molecule has 2 aromatic carbocycles. The molecule has 0 bridgehead atoms. The molecule has 0 aliphatic carbocycles. The first-order valence-corrected chi connectivity index (χ1v) is 8.60. The van der Waals surface area contributed by atoms with Gasteiger partial charge in [-0.3, -0.25) is 9.69 Å². The average molecular weight is 401 g/mol. The Morgan fingerprint density at radius 1 is 1.04 bits per heavy atom. The lowest BCUT2D eigenvalue weighted by Crippen LogP contribution is -2.48. The van der Waals surface area contributed by atoms with Crippen LogP contribution in [0, 0.1) is 0 Å². The standard InChI is InChI=1S/C18H19Cl2N3O.ClH/c19-16-6-2-5-15(17(16)20)18(24)23-9-7-22(8-10-23)12-13-3-1-4-14(21)11-13;/h1-6,11H,7-10,12,21H2;1H. The van der Waals surface area contributed by atoms with Crippen molar-refractivity contribution in [3.63, 3.8) is 0 Å². The molecule has 2 N–H and O–H groups in total. The Kier molecular flexibility index (Phi) is 6.96. The summed E-state index contributed by atoms with van der Waals surface area (Å²) in [6, 6.07) is 13.1. The molecule has 0 atom stereocenters. The van der Waals surface area contributed by atoms with E-state index in [1.54, 1.807) is 18.2 Å². The van der Waals surface area contributed by atoms with E-state index < -0.39 is 0 Å². The summed E-state index contributed by atoms with van der Waals surface area (Å²) in [5.74, 6) is -0.0638. The van der Waals surface area contributed by atoms with Gasteiger partial charge in [0.1, 0.15) is 0 Å². The van der Waals surface area contributed by atoms with E-state index >= 15 is 0 Å². The first-order valence-electron chi connectivity index (χ1n) is 7.84. The van der Waals surface area contributed by atoms with Crippen molar-refractivity contribution >= 4 is 47.2 Å². The molecule has 1 aliphatic heterocycles. The Balaban J connectivity index is 0.00000225. The predicted octanol–water partition coefficient (Wildman–Crippen LogP) is 3.96. The second-order valence-electron chi connectivity index (χ2n) is 5.91. The van der Waals surface area contributed by atoms with E-state index in [1.165, 1.54) is 5.56 Å². The zero-order valence-electron chi connectivity index (χ0n) is 13.6. The SMILES string of the molecule is Cl.Nc1cccc(CN2CCN(C(=O)c3cccc(Cl)c3Cl)CC2)c1. The number of halogens is 3. The van der Waals surface area contributed by atoms with E-state index in [-0.39, 0.29) is 18.3 Å². The van der Waals surface area contributed by atoms with Crippen LogP contribution in [0.15, 0.2) is 42.5 Å². The monoisotopic (exact) mass is 399 g/mol. The van der Waals surface area contributed by atoms with Crippen molar-refractivity contribution in [2.45, 2.75) is 6.54 Å². The fraction of sp³-hybridized carbons (Fsp3) is 0.278. The summed E-state index contributed by atoms with van der Waals surface area (Å²) in [4.78, 5) is 16.8. The lowest BCUT2D eigenvalue weighted by Gasteiger charge is -2.35. The molecule has 0 radical (unpaired) electrons. The van der Waals surface area contributed by atoms with Crippen LogP contribution >= 0.6 is 35.6 Å². The van der Waals surface area contributed by atoms with Gasteiger partial charge in [0.15, 0.2) is 0 Å². The van der Waals surface area contributed by atoms with Gasteiger partial charge in [-0.2, -0.15) is 0 Å². The number of amides is 1. The van der Waals surface area contributed by atoms with Crippen LogP contribution in [0.5, 0.6) is 0 Å². The smallest absolute Gasteiger partial charge is 0.255 e. The van der Waals surface area contributed by atoms with Crippen LogP contribution in [0.25, 0.3) is 0 Å². The first kappa shape index (κ1) is 19.9. The summed E-state index contributed by atoms with van der Waals surface area (Å²) in [7, 11) is 0. The van der Waals surface area contributed by atoms with Gasteiger partial charge in [-0.15, -0.1) is 12.4 Å². The Bertz CT molecular complexity index is 746. The van der Waals surface area contributed by atoms with Gasteiger partial charge in [0.05, 0.1) is 15.6 Å². The van der Waals surface area contributed by atoms with Gasteiger partial charge in [-0.05, 0) is 29.8 Å². The molecule has 1 fully saturated rings. The second-order valence-corrected chi connectivity index (χ2v) is 6.70. The third kappa shape index (κ3) is 4.79. The second kappa shape index (κ2) is 8.77. The molecular weight excluding hydrogens is 381 g/mol. The van der Waals surface area contributed by atoms with Gasteiger partial charge >= 0.3 is 0 Å². The highest BCUT2D eigenvalue weighted by Crippen LogP contribution is 2.27. The number of carbonyl (C=O) groups excluding carboxylic acids is 1. The van der Waals surface area contributed by atoms with Gasteiger partial charge in [0.2, 0.25) is 0 Å². The van der Waals surface area contributed by atoms with E-state index in [0.29, 0.717) is 28.7 Å². The molecule has 0 unspecified atom stereocenters. The summed E-state index contributed by atoms with van der Waals surface area (Å²) < 4.78 is 0. The summed E-state index contributed by atoms with van der Waals surface area (Å²) in [6.45, 7) is 3.82. The minimum Gasteiger partial charge on any atom is -0.399 e. The first-order chi connectivity index (χ1) is 11.5. The zero-order chi connectivity index (χ0) is 17.1. The van der Waals surface area contributed by atoms with Crippen molar-refractivity contribution in [3.8, 4) is 0 Å². The number of benzene rings is 2. The van der Waals surface area contributed by atoms with Crippen LogP contribution in [0.3, 0.4) is 0 Å². The van der Waals surface area contributed by atoms with Gasteiger partial charge < -0.3 is 10.6 Å². The number of hydrogen-bond donors (Lipinski definition) is 1. The molecule has 1 amide bonds. The molecule has 0 saturated carbocycles. The Labute approximate surface area is 163 Å². The Morgan fingerprint density at radius 3 is 2.40 bits per heavy atom. The van der Waals surface area contributed by atoms with E-state index in [4.69, 9.17) is 28.9 Å². The van der Waals surface area contributed by atoms with E-state index in [9.17, 15) is 4.79 Å². The van der Waals surface area contributed by atoms with E-state index in [1.807, 2.05) is 23.1 Å². The highest BCUT2D eigenvalue weighted by molar-refractivity contribution is 6.43. The highest BCUT2D eigenvalue weighted by atomic mass is 35.5. The number of nitrogens with two attached hydrogens (primary N) is 1. The number of nitrogens with zero attached hydrogens (tertiary/aromatic N) is 2. The minimum absolute atomic E-state index is 0. The highest BCUT2D eigenvalue weighted by Gasteiger charge is 2.24. The number of piperazine rings is 1. The molecule has 7 heteroatoms. The van der Waals surface area contributed by atoms with Crippen LogP contribution in [0.1, 0.15) is 15.9 Å². The molecule has 4 nitrogen and oxygen atoms in total. The number of anilines is 1. The van der Waals surface area contributed by atoms with Gasteiger partial charge in [0.25, 0.3) is 5.91 Å². The third-order valence-corrected chi connectivity index (χ3v) is 5.02. The number of carbonyl (C=O) groups is 1. The Hall–Kier alpha value is -1.46. The molecule has 1 saturated heterocycles. The predicted molar refractivity (Wildman–Crippen MR) is 106 cm³/mol. The van der Waals surface area contributed by atoms with E-state index in [0.717, 1.165) is 25.3 Å². The van der Waals surface area contributed by atoms with Crippen LogP contribution in [-0.2, 0) is 6.54 Å². The lowest BCUT2D eigenvalue weighted by atomic mass is 10.1. The van der Waals surface area contributed by atoms with Crippen molar-refractivity contribution < 1.29 is 4.79 Å². The van der Waals surface area contributed by atoms with Gasteiger partial charge in [-0.1, -0.05) is 41.4 Å². The van der Waals surface area contributed by atoms with Gasteiger partial charge in [0, 0.05) is 38.4 Å². The summed E-state index contributed by atoms with van der Waals surface area (Å²) in [5.41, 5.74) is 8.25. The summed E-state index contributed by atoms with van der Waals surface area (Å²) in [5, 5.41) is 0.731. The van der Waals surface area contributed by atoms with Crippen molar-refractivity contribution in [1.82, 2.24) is 9.80 Å². The molecule has 3 rings (SSSR count). The maximum absolute atomic E-state index is 12.6. The number of hydrogen-bond acceptors (Lipinski definition) is 3. The van der Waals surface area contributed by atoms with Gasteiger partial charge in [-0.25, -0.2) is 0 Å². The van der Waals surface area contributed by atoms with Crippen LogP contribution in [0.4, 0.5) is 5.69 Å². The molecule has 1 aliphatic rings. The van der Waals surface area contributed by atoms with Crippen molar-refractivity contribution in [3.05, 3.63) is 63.6 Å². The minimum atomic E-state index is -0.0638. The summed E-state index contributed by atoms with van der Waals surface area (Å²) >= 11 is 12.2. The maximum atomic E-state index is 12.6. The van der Waals surface area contributed by atoms with Crippen LogP contribution in [-0.4, -0.2) is 41.9 Å². The van der Waals surface area contributed by atoms with Crippen LogP contribution in [0.2, 0.25) is 10.0 Å². The molecule has 0 spiro atoms. The van der Waals surface area contributed by atoms with E-state index in [2.05, 4.69) is 11.0 Å². The zero-order valence-corrected chi connectivity index (χ0v) is 15.9. The normalized spacial score (nSPS) is 14.9. The Morgan fingerprint density at radius 2 is 1.72 bits per heavy atom. The van der Waals surface area contributed by atoms with Crippen molar-refractivity contribution in [1.29, 1.82) is 0 Å². The fourth-order valence-electron chi connectivity index (χ4n) is 2.90. The molecule has 134 valence electrons. The third-order valence-electron chi connectivity index (χ3n) is 4.20. The molecule has 25 heavy (non-hydrogen) atoms. The lowest BCUT2D eigenvalue weighted by molar-refractivity contribution is 0.0628. The van der Waals surface area contributed by atoms with Crippen LogP contribution < -0.4 is 5.73 Å². The maximum Gasteiger partial charge on any atom is 0.255 e. The molecule has 1 heterocycles. The number of nitrogen functional groups attached to an aromatic ring is 1. The molecular formula is C18H20Cl3N3O. The molecule has 0 aromatic heterocycles. The topological polar surface area (TPSA) is 49.6 Å². The fourth-order valence-corrected chi connectivity index (χ4v) is 3.28. The largest absolute Gasteiger partial charge is 0.399 e. The summed E-state index contributed by atoms with van der Waals surface area (Å²) in [6.07, 6.45) is 0. The quantitative estimate of drug-likeness (QED) is 0.794. The number of rotatable bonds is 3. The molecule has 2 aromatic rings. The average Bonchev–Trinajstić information content (AvgIpc) is 2.57. The van der Waals surface area contributed by atoms with Crippen molar-refractivity contribution in [2.75, 3.05) is 31.9 Å². The van der Waals surface area contributed by atoms with Crippen molar-refractivity contribution in [2.24, 2.45) is 0 Å².